The second-order valence-corrected chi connectivity index (χ2v) is 7.86. The summed E-state index contributed by atoms with van der Waals surface area (Å²) in [5.74, 6) is -0.298. The Labute approximate surface area is 137 Å². The number of carbonyl (C=O) groups excluding carboxylic acids is 1. The molecule has 1 amide bonds. The van der Waals surface area contributed by atoms with Crippen LogP contribution in [0, 0.1) is 0 Å². The summed E-state index contributed by atoms with van der Waals surface area (Å²) >= 11 is 0. The number of nitrogens with zero attached hydrogens (tertiary/aromatic N) is 2. The fraction of sp³-hybridized carbons (Fsp3) is 0.533. The quantitative estimate of drug-likeness (QED) is 0.773. The number of hydrogen-bond acceptors (Lipinski definition) is 5. The Bertz CT molecular complexity index is 667. The van der Waals surface area contributed by atoms with Crippen molar-refractivity contribution in [2.24, 2.45) is 5.73 Å². The summed E-state index contributed by atoms with van der Waals surface area (Å²) in [7, 11) is -0.643. The molecular weight excluding hydrogens is 316 g/mol. The summed E-state index contributed by atoms with van der Waals surface area (Å²) in [6.07, 6.45) is 2.14. The molecule has 0 saturated carbocycles. The first kappa shape index (κ1) is 17.7. The predicted octanol–water partition coefficient (Wildman–Crippen LogP) is 0.226. The molecule has 8 heteroatoms. The number of anilines is 1. The highest BCUT2D eigenvalue weighted by Gasteiger charge is 2.24. The van der Waals surface area contributed by atoms with Crippen LogP contribution in [-0.4, -0.2) is 58.9 Å². The van der Waals surface area contributed by atoms with Crippen molar-refractivity contribution in [1.29, 1.82) is 0 Å². The van der Waals surface area contributed by atoms with E-state index in [1.807, 2.05) is 0 Å². The number of benzene rings is 1. The molecule has 1 aromatic rings. The molecule has 128 valence electrons. The second-order valence-electron chi connectivity index (χ2n) is 5.71. The van der Waals surface area contributed by atoms with Crippen LogP contribution in [0.1, 0.15) is 23.2 Å². The number of carbonyl (C=O) groups is 1. The normalized spacial score (nSPS) is 15.2. The summed E-state index contributed by atoms with van der Waals surface area (Å²) in [6.45, 7) is 2.43. The van der Waals surface area contributed by atoms with Gasteiger partial charge in [0.15, 0.2) is 0 Å². The number of amides is 1. The topological polar surface area (TPSA) is 95.7 Å². The van der Waals surface area contributed by atoms with Crippen LogP contribution in [-0.2, 0) is 10.0 Å². The lowest BCUT2D eigenvalue weighted by molar-refractivity contribution is 0.0955. The molecule has 1 fully saturated rings. The molecule has 1 aliphatic heterocycles. The summed E-state index contributed by atoms with van der Waals surface area (Å²) in [4.78, 5) is 14.7. The van der Waals surface area contributed by atoms with Crippen LogP contribution < -0.4 is 16.0 Å². The predicted molar refractivity (Wildman–Crippen MR) is 90.1 cm³/mol. The van der Waals surface area contributed by atoms with Gasteiger partial charge in [-0.3, -0.25) is 4.79 Å². The molecule has 0 spiro atoms. The molecule has 0 bridgehead atoms. The van der Waals surface area contributed by atoms with Gasteiger partial charge in [-0.25, -0.2) is 12.7 Å². The van der Waals surface area contributed by atoms with Crippen LogP contribution in [0.2, 0.25) is 0 Å². The SMILES string of the molecule is CN(C)S(=O)(=O)c1ccc(N2CCCC2)c(C(=O)NCCN)c1. The molecule has 1 heterocycles. The third-order valence-corrected chi connectivity index (χ3v) is 5.68. The lowest BCUT2D eigenvalue weighted by atomic mass is 10.1. The van der Waals surface area contributed by atoms with Crippen LogP contribution in [0.3, 0.4) is 0 Å². The van der Waals surface area contributed by atoms with Crippen LogP contribution in [0.5, 0.6) is 0 Å². The lowest BCUT2D eigenvalue weighted by Gasteiger charge is -2.22. The Morgan fingerprint density at radius 1 is 1.30 bits per heavy atom. The fourth-order valence-electron chi connectivity index (χ4n) is 2.58. The van der Waals surface area contributed by atoms with E-state index in [1.54, 1.807) is 12.1 Å². The Morgan fingerprint density at radius 2 is 1.96 bits per heavy atom. The molecule has 23 heavy (non-hydrogen) atoms. The number of nitrogens with two attached hydrogens (primary N) is 1. The Balaban J connectivity index is 2.45. The van der Waals surface area contributed by atoms with E-state index in [2.05, 4.69) is 10.2 Å². The average molecular weight is 340 g/mol. The fourth-order valence-corrected chi connectivity index (χ4v) is 3.51. The molecule has 0 radical (unpaired) electrons. The summed E-state index contributed by atoms with van der Waals surface area (Å²) in [5, 5.41) is 2.72. The Morgan fingerprint density at radius 3 is 2.52 bits per heavy atom. The number of hydrogen-bond donors (Lipinski definition) is 2. The molecule has 2 rings (SSSR count). The van der Waals surface area contributed by atoms with Gasteiger partial charge in [0.05, 0.1) is 10.5 Å². The minimum absolute atomic E-state index is 0.114. The monoisotopic (exact) mass is 340 g/mol. The first-order valence-corrected chi connectivity index (χ1v) is 9.11. The van der Waals surface area contributed by atoms with E-state index in [-0.39, 0.29) is 10.8 Å². The average Bonchev–Trinajstić information content (AvgIpc) is 3.06. The van der Waals surface area contributed by atoms with E-state index in [1.165, 1.54) is 20.2 Å². The molecule has 0 aliphatic carbocycles. The molecule has 1 aliphatic rings. The maximum Gasteiger partial charge on any atom is 0.253 e. The molecule has 0 unspecified atom stereocenters. The van der Waals surface area contributed by atoms with Gasteiger partial charge >= 0.3 is 0 Å². The van der Waals surface area contributed by atoms with E-state index in [0.29, 0.717) is 18.7 Å². The third-order valence-electron chi connectivity index (χ3n) is 3.87. The van der Waals surface area contributed by atoms with E-state index in [9.17, 15) is 13.2 Å². The lowest BCUT2D eigenvalue weighted by Crippen LogP contribution is -2.31. The van der Waals surface area contributed by atoms with Crippen molar-refractivity contribution < 1.29 is 13.2 Å². The summed E-state index contributed by atoms with van der Waals surface area (Å²) in [5.41, 5.74) is 6.58. The van der Waals surface area contributed by atoms with Crippen molar-refractivity contribution in [2.75, 3.05) is 45.2 Å². The molecular formula is C15H24N4O3S. The van der Waals surface area contributed by atoms with E-state index in [0.717, 1.165) is 35.9 Å². The highest BCUT2D eigenvalue weighted by Crippen LogP contribution is 2.28. The third kappa shape index (κ3) is 3.82. The maximum atomic E-state index is 12.4. The zero-order valence-corrected chi connectivity index (χ0v) is 14.4. The highest BCUT2D eigenvalue weighted by atomic mass is 32.2. The van der Waals surface area contributed by atoms with Gasteiger partial charge in [-0.05, 0) is 31.0 Å². The van der Waals surface area contributed by atoms with Crippen molar-refractivity contribution in [3.63, 3.8) is 0 Å². The van der Waals surface area contributed by atoms with Gasteiger partial charge in [-0.2, -0.15) is 0 Å². The number of nitrogens with one attached hydrogen (secondary N) is 1. The maximum absolute atomic E-state index is 12.4. The number of rotatable bonds is 6. The van der Waals surface area contributed by atoms with Crippen molar-refractivity contribution in [3.05, 3.63) is 23.8 Å². The van der Waals surface area contributed by atoms with Crippen molar-refractivity contribution in [1.82, 2.24) is 9.62 Å². The van der Waals surface area contributed by atoms with Gasteiger partial charge in [-0.15, -0.1) is 0 Å². The van der Waals surface area contributed by atoms with Crippen LogP contribution in [0.15, 0.2) is 23.1 Å². The van der Waals surface area contributed by atoms with Gasteiger partial charge < -0.3 is 16.0 Å². The molecule has 1 saturated heterocycles. The summed E-state index contributed by atoms with van der Waals surface area (Å²) < 4.78 is 25.8. The van der Waals surface area contributed by atoms with Gasteiger partial charge in [0.2, 0.25) is 10.0 Å². The largest absolute Gasteiger partial charge is 0.371 e. The van der Waals surface area contributed by atoms with E-state index in [4.69, 9.17) is 5.73 Å². The molecule has 7 nitrogen and oxygen atoms in total. The van der Waals surface area contributed by atoms with Crippen LogP contribution in [0.4, 0.5) is 5.69 Å². The zero-order chi connectivity index (χ0) is 17.0. The molecule has 0 atom stereocenters. The van der Waals surface area contributed by atoms with Crippen LogP contribution >= 0.6 is 0 Å². The minimum Gasteiger partial charge on any atom is -0.371 e. The number of sulfonamides is 1. The minimum atomic E-state index is -3.58. The molecule has 0 aromatic heterocycles. The Hall–Kier alpha value is -1.64. The summed E-state index contributed by atoms with van der Waals surface area (Å²) in [6, 6.07) is 4.73. The van der Waals surface area contributed by atoms with Crippen molar-refractivity contribution in [2.45, 2.75) is 17.7 Å². The van der Waals surface area contributed by atoms with Gasteiger partial charge in [-0.1, -0.05) is 0 Å². The van der Waals surface area contributed by atoms with Gasteiger partial charge in [0, 0.05) is 46.0 Å². The second kappa shape index (κ2) is 7.29. The zero-order valence-electron chi connectivity index (χ0n) is 13.6. The van der Waals surface area contributed by atoms with E-state index >= 15 is 0 Å². The highest BCUT2D eigenvalue weighted by molar-refractivity contribution is 7.89. The van der Waals surface area contributed by atoms with Crippen LogP contribution in [0.25, 0.3) is 0 Å². The van der Waals surface area contributed by atoms with Gasteiger partial charge in [0.25, 0.3) is 5.91 Å². The van der Waals surface area contributed by atoms with Gasteiger partial charge in [0.1, 0.15) is 0 Å². The first-order chi connectivity index (χ1) is 10.9. The smallest absolute Gasteiger partial charge is 0.253 e. The van der Waals surface area contributed by atoms with E-state index < -0.39 is 10.0 Å². The Kier molecular flexibility index (Phi) is 5.61. The first-order valence-electron chi connectivity index (χ1n) is 7.67. The molecule has 3 N–H and O–H groups in total. The molecule has 1 aromatic carbocycles. The van der Waals surface area contributed by atoms with Crippen molar-refractivity contribution in [3.8, 4) is 0 Å². The standard InChI is InChI=1S/C15H24N4O3S/c1-18(2)23(21,22)12-5-6-14(19-9-3-4-10-19)13(11-12)15(20)17-8-7-16/h5-6,11H,3-4,7-10,16H2,1-2H3,(H,17,20). The van der Waals surface area contributed by atoms with Crippen molar-refractivity contribution >= 4 is 21.6 Å².